The van der Waals surface area contributed by atoms with Crippen molar-refractivity contribution in [3.8, 4) is 11.5 Å². The van der Waals surface area contributed by atoms with Gasteiger partial charge in [0.1, 0.15) is 11.0 Å². The van der Waals surface area contributed by atoms with Gasteiger partial charge in [-0.05, 0) is 29.8 Å². The highest BCUT2D eigenvalue weighted by Crippen LogP contribution is 2.32. The third-order valence-electron chi connectivity index (χ3n) is 5.24. The number of benzene rings is 2. The van der Waals surface area contributed by atoms with E-state index in [1.54, 1.807) is 0 Å². The van der Waals surface area contributed by atoms with E-state index < -0.39 is 0 Å². The SMILES string of the molecule is O=C(CN1CCN(Cc2ccc3c(c2)OCO3)CC1)Nc1cccc2nsnc12. The Labute approximate surface area is 172 Å². The number of ether oxygens (including phenoxy) is 2. The number of aromatic nitrogens is 2. The first-order chi connectivity index (χ1) is 14.2. The molecule has 0 radical (unpaired) electrons. The first-order valence-corrected chi connectivity index (χ1v) is 10.3. The predicted molar refractivity (Wildman–Crippen MR) is 110 cm³/mol. The number of anilines is 1. The fraction of sp³-hybridized carbons (Fsp3) is 0.350. The van der Waals surface area contributed by atoms with Gasteiger partial charge in [-0.3, -0.25) is 14.6 Å². The highest BCUT2D eigenvalue weighted by Gasteiger charge is 2.21. The molecule has 9 heteroatoms. The molecule has 29 heavy (non-hydrogen) atoms. The lowest BCUT2D eigenvalue weighted by atomic mass is 10.1. The first-order valence-electron chi connectivity index (χ1n) is 9.59. The fourth-order valence-corrected chi connectivity index (χ4v) is 4.25. The molecule has 3 aromatic rings. The topological polar surface area (TPSA) is 79.8 Å². The van der Waals surface area contributed by atoms with Gasteiger partial charge in [-0.25, -0.2) is 0 Å². The molecule has 2 aliphatic heterocycles. The molecule has 3 heterocycles. The van der Waals surface area contributed by atoms with E-state index in [2.05, 4.69) is 36.0 Å². The van der Waals surface area contributed by atoms with Crippen LogP contribution in [0.2, 0.25) is 0 Å². The number of piperazine rings is 1. The van der Waals surface area contributed by atoms with Crippen LogP contribution in [-0.2, 0) is 11.3 Å². The van der Waals surface area contributed by atoms with Gasteiger partial charge in [0.2, 0.25) is 12.7 Å². The average Bonchev–Trinajstić information content (AvgIpc) is 3.39. The molecule has 150 valence electrons. The lowest BCUT2D eigenvalue weighted by Gasteiger charge is -2.34. The number of hydrogen-bond donors (Lipinski definition) is 1. The molecular formula is C20H21N5O3S. The third kappa shape index (κ3) is 4.02. The number of carbonyl (C=O) groups is 1. The van der Waals surface area contributed by atoms with Crippen LogP contribution in [0.15, 0.2) is 36.4 Å². The van der Waals surface area contributed by atoms with Crippen LogP contribution in [0.25, 0.3) is 11.0 Å². The Bertz CT molecular complexity index is 1030. The summed E-state index contributed by atoms with van der Waals surface area (Å²) in [5, 5.41) is 2.98. The zero-order valence-corrected chi connectivity index (χ0v) is 16.7. The summed E-state index contributed by atoms with van der Waals surface area (Å²) in [6, 6.07) is 11.8. The lowest BCUT2D eigenvalue weighted by molar-refractivity contribution is -0.117. The maximum atomic E-state index is 12.5. The summed E-state index contributed by atoms with van der Waals surface area (Å²) in [7, 11) is 0. The summed E-state index contributed by atoms with van der Waals surface area (Å²) in [5.41, 5.74) is 3.50. The number of fused-ring (bicyclic) bond motifs is 2. The summed E-state index contributed by atoms with van der Waals surface area (Å²) in [6.45, 7) is 5.12. The van der Waals surface area contributed by atoms with E-state index in [4.69, 9.17) is 9.47 Å². The van der Waals surface area contributed by atoms with Crippen LogP contribution in [0.3, 0.4) is 0 Å². The second-order valence-electron chi connectivity index (χ2n) is 7.23. The van der Waals surface area contributed by atoms with Gasteiger partial charge in [0.25, 0.3) is 0 Å². The van der Waals surface area contributed by atoms with E-state index in [9.17, 15) is 4.79 Å². The Kier molecular flexibility index (Phi) is 5.01. The number of nitrogens with zero attached hydrogens (tertiary/aromatic N) is 4. The van der Waals surface area contributed by atoms with E-state index in [0.717, 1.165) is 72.7 Å². The molecule has 0 unspecified atom stereocenters. The minimum atomic E-state index is -0.0188. The molecule has 0 atom stereocenters. The van der Waals surface area contributed by atoms with E-state index >= 15 is 0 Å². The Balaban J connectivity index is 1.12. The van der Waals surface area contributed by atoms with E-state index in [0.29, 0.717) is 13.3 Å². The van der Waals surface area contributed by atoms with Crippen LogP contribution in [0, 0.1) is 0 Å². The Morgan fingerprint density at radius 2 is 1.86 bits per heavy atom. The fourth-order valence-electron chi connectivity index (χ4n) is 3.70. The van der Waals surface area contributed by atoms with Crippen molar-refractivity contribution >= 4 is 34.4 Å². The van der Waals surface area contributed by atoms with E-state index in [1.807, 2.05) is 24.3 Å². The highest BCUT2D eigenvalue weighted by atomic mass is 32.1. The van der Waals surface area contributed by atoms with Gasteiger partial charge >= 0.3 is 0 Å². The van der Waals surface area contributed by atoms with E-state index in [1.165, 1.54) is 5.56 Å². The molecule has 1 saturated heterocycles. The molecular weight excluding hydrogens is 390 g/mol. The van der Waals surface area contributed by atoms with Crippen LogP contribution in [0.4, 0.5) is 5.69 Å². The molecule has 1 N–H and O–H groups in total. The van der Waals surface area contributed by atoms with Gasteiger partial charge in [-0.15, -0.1) is 0 Å². The standard InChI is InChI=1S/C20H21N5O3S/c26-19(21-15-2-1-3-16-20(15)23-29-22-16)12-25-8-6-24(7-9-25)11-14-4-5-17-18(10-14)28-13-27-17/h1-5,10H,6-9,11-13H2,(H,21,26). The molecule has 1 aromatic heterocycles. The predicted octanol–water partition coefficient (Wildman–Crippen LogP) is 2.18. The third-order valence-corrected chi connectivity index (χ3v) is 5.78. The molecule has 5 rings (SSSR count). The average molecular weight is 411 g/mol. The van der Waals surface area contributed by atoms with Gasteiger partial charge in [0.05, 0.1) is 24.0 Å². The van der Waals surface area contributed by atoms with Crippen molar-refractivity contribution in [2.75, 3.05) is 44.8 Å². The van der Waals surface area contributed by atoms with Crippen molar-refractivity contribution in [1.29, 1.82) is 0 Å². The maximum Gasteiger partial charge on any atom is 0.238 e. The van der Waals surface area contributed by atoms with E-state index in [-0.39, 0.29) is 5.91 Å². The van der Waals surface area contributed by atoms with Crippen LogP contribution in [0.5, 0.6) is 11.5 Å². The van der Waals surface area contributed by atoms with Gasteiger partial charge < -0.3 is 14.8 Å². The number of hydrogen-bond acceptors (Lipinski definition) is 8. The van der Waals surface area contributed by atoms with Gasteiger partial charge in [-0.2, -0.15) is 8.75 Å². The molecule has 0 aliphatic carbocycles. The summed E-state index contributed by atoms with van der Waals surface area (Å²) >= 11 is 1.16. The van der Waals surface area contributed by atoms with Crippen molar-refractivity contribution in [3.05, 3.63) is 42.0 Å². The monoisotopic (exact) mass is 411 g/mol. The summed E-state index contributed by atoms with van der Waals surface area (Å²) in [5.74, 6) is 1.62. The molecule has 0 saturated carbocycles. The number of nitrogens with one attached hydrogen (secondary N) is 1. The van der Waals surface area contributed by atoms with Gasteiger partial charge in [-0.1, -0.05) is 12.1 Å². The lowest BCUT2D eigenvalue weighted by Crippen LogP contribution is -2.48. The molecule has 1 amide bonds. The molecule has 0 bridgehead atoms. The van der Waals surface area contributed by atoms with Gasteiger partial charge in [0, 0.05) is 32.7 Å². The Morgan fingerprint density at radius 3 is 2.76 bits per heavy atom. The largest absolute Gasteiger partial charge is 0.454 e. The number of amides is 1. The second kappa shape index (κ2) is 7.94. The zero-order chi connectivity index (χ0) is 19.6. The van der Waals surface area contributed by atoms with Crippen LogP contribution in [0.1, 0.15) is 5.56 Å². The number of carbonyl (C=O) groups excluding carboxylic acids is 1. The normalized spacial score (nSPS) is 17.0. The minimum Gasteiger partial charge on any atom is -0.454 e. The van der Waals surface area contributed by atoms with Crippen molar-refractivity contribution in [2.45, 2.75) is 6.54 Å². The quantitative estimate of drug-likeness (QED) is 0.689. The molecule has 0 spiro atoms. The highest BCUT2D eigenvalue weighted by molar-refractivity contribution is 7.00. The molecule has 1 fully saturated rings. The second-order valence-corrected chi connectivity index (χ2v) is 7.75. The zero-order valence-electron chi connectivity index (χ0n) is 15.8. The molecule has 2 aromatic carbocycles. The van der Waals surface area contributed by atoms with Crippen molar-refractivity contribution < 1.29 is 14.3 Å². The molecule has 2 aliphatic rings. The summed E-state index contributed by atoms with van der Waals surface area (Å²) in [4.78, 5) is 17.1. The van der Waals surface area contributed by atoms with Crippen molar-refractivity contribution in [3.63, 3.8) is 0 Å². The minimum absolute atomic E-state index is 0.0188. The summed E-state index contributed by atoms with van der Waals surface area (Å²) in [6.07, 6.45) is 0. The van der Waals surface area contributed by atoms with Gasteiger partial charge in [0.15, 0.2) is 11.5 Å². The van der Waals surface area contributed by atoms with Crippen LogP contribution < -0.4 is 14.8 Å². The van der Waals surface area contributed by atoms with Crippen LogP contribution >= 0.6 is 11.7 Å². The first kappa shape index (κ1) is 18.3. The smallest absolute Gasteiger partial charge is 0.238 e. The maximum absolute atomic E-state index is 12.5. The summed E-state index contributed by atoms with van der Waals surface area (Å²) < 4.78 is 19.3. The van der Waals surface area contributed by atoms with Crippen molar-refractivity contribution in [2.24, 2.45) is 0 Å². The Hall–Kier alpha value is -2.75. The van der Waals surface area contributed by atoms with Crippen LogP contribution in [-0.4, -0.2) is 64.0 Å². The van der Waals surface area contributed by atoms with Crippen molar-refractivity contribution in [1.82, 2.24) is 18.5 Å². The Morgan fingerprint density at radius 1 is 1.03 bits per heavy atom. The number of rotatable bonds is 5. The molecule has 8 nitrogen and oxygen atoms in total.